The average molecular weight is 365 g/mol. The molecule has 136 valence electrons. The topological polar surface area (TPSA) is 95.7 Å². The highest BCUT2D eigenvalue weighted by atomic mass is 32.2. The molecule has 8 heteroatoms. The summed E-state index contributed by atoms with van der Waals surface area (Å²) in [6.07, 6.45) is 5.72. The van der Waals surface area contributed by atoms with Crippen LogP contribution in [0.5, 0.6) is 0 Å². The fourth-order valence-electron chi connectivity index (χ4n) is 2.83. The summed E-state index contributed by atoms with van der Waals surface area (Å²) in [6, 6.07) is 6.56. The highest BCUT2D eigenvalue weighted by Gasteiger charge is 2.27. The first-order chi connectivity index (χ1) is 11.9. The lowest BCUT2D eigenvalue weighted by atomic mass is 10.0. The Labute approximate surface area is 147 Å². The number of furan rings is 1. The maximum Gasteiger partial charge on any atom is 0.244 e. The van der Waals surface area contributed by atoms with Crippen LogP contribution in [0.4, 0.5) is 5.82 Å². The summed E-state index contributed by atoms with van der Waals surface area (Å²) in [5.74, 6) is 0.939. The first-order valence-corrected chi connectivity index (χ1v) is 9.80. The van der Waals surface area contributed by atoms with E-state index in [4.69, 9.17) is 4.42 Å². The van der Waals surface area contributed by atoms with E-state index >= 15 is 0 Å². The molecule has 1 saturated heterocycles. The largest absolute Gasteiger partial charge is 0.466 e. The van der Waals surface area contributed by atoms with Crippen LogP contribution in [-0.2, 0) is 15.6 Å². The van der Waals surface area contributed by atoms with E-state index in [-0.39, 0.29) is 11.4 Å². The second-order valence-electron chi connectivity index (χ2n) is 6.45. The molecule has 1 unspecified atom stereocenters. The number of pyridine rings is 1. The summed E-state index contributed by atoms with van der Waals surface area (Å²) < 4.78 is 31.9. The first kappa shape index (κ1) is 17.9. The molecule has 2 aromatic heterocycles. The van der Waals surface area contributed by atoms with Crippen LogP contribution >= 0.6 is 0 Å². The van der Waals surface area contributed by atoms with E-state index in [0.717, 1.165) is 19.3 Å². The number of sulfonamides is 1. The standard InChI is InChI=1S/C17H23N3O4S/c1-17(21,15-6-5-11-24-15)13-19-16-8-7-14(12-18-16)25(22,23)20-9-3-2-4-10-20/h5-8,11-12,21H,2-4,9-10,13H2,1H3,(H,18,19). The van der Waals surface area contributed by atoms with Crippen LogP contribution in [0.1, 0.15) is 31.9 Å². The number of aliphatic hydroxyl groups is 1. The van der Waals surface area contributed by atoms with Crippen molar-refractivity contribution >= 4 is 15.8 Å². The van der Waals surface area contributed by atoms with Gasteiger partial charge in [0.05, 0.1) is 12.8 Å². The first-order valence-electron chi connectivity index (χ1n) is 8.36. The third-order valence-electron chi connectivity index (χ3n) is 4.35. The van der Waals surface area contributed by atoms with Crippen LogP contribution in [0, 0.1) is 0 Å². The molecule has 0 bridgehead atoms. The van der Waals surface area contributed by atoms with Crippen LogP contribution in [0.3, 0.4) is 0 Å². The van der Waals surface area contributed by atoms with Gasteiger partial charge in [-0.25, -0.2) is 13.4 Å². The number of piperidine rings is 1. The predicted molar refractivity (Wildman–Crippen MR) is 93.6 cm³/mol. The predicted octanol–water partition coefficient (Wildman–Crippen LogP) is 2.17. The number of nitrogens with zero attached hydrogens (tertiary/aromatic N) is 2. The third-order valence-corrected chi connectivity index (χ3v) is 6.24. The Balaban J connectivity index is 1.66. The smallest absolute Gasteiger partial charge is 0.244 e. The van der Waals surface area contributed by atoms with Gasteiger partial charge in [-0.1, -0.05) is 6.42 Å². The monoisotopic (exact) mass is 365 g/mol. The van der Waals surface area contributed by atoms with Crippen molar-refractivity contribution in [1.29, 1.82) is 0 Å². The molecular weight excluding hydrogens is 342 g/mol. The van der Waals surface area contributed by atoms with Crippen molar-refractivity contribution in [2.75, 3.05) is 25.0 Å². The Bertz CT molecular complexity index is 780. The summed E-state index contributed by atoms with van der Waals surface area (Å²) >= 11 is 0. The minimum atomic E-state index is -3.48. The normalized spacial score (nSPS) is 18.6. The number of rotatable bonds is 6. The van der Waals surface area contributed by atoms with E-state index in [9.17, 15) is 13.5 Å². The van der Waals surface area contributed by atoms with Gasteiger partial charge in [0.25, 0.3) is 0 Å². The van der Waals surface area contributed by atoms with E-state index in [2.05, 4.69) is 10.3 Å². The van der Waals surface area contributed by atoms with E-state index in [1.54, 1.807) is 31.2 Å². The van der Waals surface area contributed by atoms with Gasteiger partial charge in [0.15, 0.2) is 0 Å². The molecule has 3 rings (SSSR count). The molecular formula is C17H23N3O4S. The van der Waals surface area contributed by atoms with Gasteiger partial charge in [-0.15, -0.1) is 0 Å². The van der Waals surface area contributed by atoms with Crippen molar-refractivity contribution < 1.29 is 17.9 Å². The zero-order chi connectivity index (χ0) is 17.9. The van der Waals surface area contributed by atoms with E-state index in [1.165, 1.54) is 16.8 Å². The van der Waals surface area contributed by atoms with Gasteiger partial charge in [0.1, 0.15) is 22.1 Å². The fourth-order valence-corrected chi connectivity index (χ4v) is 4.29. The molecule has 0 radical (unpaired) electrons. The zero-order valence-electron chi connectivity index (χ0n) is 14.2. The van der Waals surface area contributed by atoms with Crippen molar-refractivity contribution in [3.63, 3.8) is 0 Å². The van der Waals surface area contributed by atoms with Crippen molar-refractivity contribution in [2.45, 2.75) is 36.7 Å². The number of anilines is 1. The second kappa shape index (κ2) is 7.15. The van der Waals surface area contributed by atoms with Crippen LogP contribution in [0.2, 0.25) is 0 Å². The average Bonchev–Trinajstić information content (AvgIpc) is 3.17. The maximum absolute atomic E-state index is 12.6. The van der Waals surface area contributed by atoms with Gasteiger partial charge in [0, 0.05) is 19.3 Å². The highest BCUT2D eigenvalue weighted by molar-refractivity contribution is 7.89. The molecule has 2 aromatic rings. The SMILES string of the molecule is CC(O)(CNc1ccc(S(=O)(=O)N2CCCCC2)cn1)c1ccco1. The third kappa shape index (κ3) is 4.02. The van der Waals surface area contributed by atoms with Gasteiger partial charge in [-0.05, 0) is 44.0 Å². The molecule has 1 aliphatic rings. The summed E-state index contributed by atoms with van der Waals surface area (Å²) in [6.45, 7) is 2.95. The van der Waals surface area contributed by atoms with Crippen LogP contribution in [0.15, 0.2) is 46.0 Å². The van der Waals surface area contributed by atoms with Gasteiger partial charge >= 0.3 is 0 Å². The zero-order valence-corrected chi connectivity index (χ0v) is 15.0. The Kier molecular flexibility index (Phi) is 5.12. The molecule has 0 spiro atoms. The van der Waals surface area contributed by atoms with Crippen LogP contribution in [-0.4, -0.2) is 42.4 Å². The summed E-state index contributed by atoms with van der Waals surface area (Å²) in [5, 5.41) is 13.4. The van der Waals surface area contributed by atoms with Crippen LogP contribution < -0.4 is 5.32 Å². The lowest BCUT2D eigenvalue weighted by Crippen LogP contribution is -2.35. The van der Waals surface area contributed by atoms with Crippen LogP contribution in [0.25, 0.3) is 0 Å². The van der Waals surface area contributed by atoms with Crippen molar-refractivity contribution in [3.8, 4) is 0 Å². The molecule has 1 fully saturated rings. The molecule has 1 atom stereocenters. The summed E-state index contributed by atoms with van der Waals surface area (Å²) in [5.41, 5.74) is -1.19. The number of aromatic nitrogens is 1. The lowest BCUT2D eigenvalue weighted by Gasteiger charge is -2.25. The molecule has 0 amide bonds. The molecule has 0 aromatic carbocycles. The molecule has 3 heterocycles. The van der Waals surface area contributed by atoms with Crippen molar-refractivity contribution in [3.05, 3.63) is 42.5 Å². The highest BCUT2D eigenvalue weighted by Crippen LogP contribution is 2.23. The van der Waals surface area contributed by atoms with Gasteiger partial charge < -0.3 is 14.8 Å². The minimum Gasteiger partial charge on any atom is -0.466 e. The number of hydrogen-bond acceptors (Lipinski definition) is 6. The Morgan fingerprint density at radius 1 is 1.28 bits per heavy atom. The second-order valence-corrected chi connectivity index (χ2v) is 8.39. The molecule has 2 N–H and O–H groups in total. The molecule has 1 aliphatic heterocycles. The minimum absolute atomic E-state index is 0.186. The summed E-state index contributed by atoms with van der Waals surface area (Å²) in [4.78, 5) is 4.36. The Morgan fingerprint density at radius 3 is 2.64 bits per heavy atom. The number of hydrogen-bond donors (Lipinski definition) is 2. The van der Waals surface area contributed by atoms with Crippen molar-refractivity contribution in [2.24, 2.45) is 0 Å². The van der Waals surface area contributed by atoms with E-state index < -0.39 is 15.6 Å². The Hall–Kier alpha value is -1.90. The fraction of sp³-hybridized carbons (Fsp3) is 0.471. The molecule has 0 aliphatic carbocycles. The van der Waals surface area contributed by atoms with Crippen molar-refractivity contribution in [1.82, 2.24) is 9.29 Å². The maximum atomic E-state index is 12.6. The quantitative estimate of drug-likeness (QED) is 0.814. The van der Waals surface area contributed by atoms with Gasteiger partial charge in [-0.3, -0.25) is 0 Å². The van der Waals surface area contributed by atoms with Gasteiger partial charge in [-0.2, -0.15) is 4.31 Å². The Morgan fingerprint density at radius 2 is 2.04 bits per heavy atom. The molecule has 7 nitrogen and oxygen atoms in total. The summed E-state index contributed by atoms with van der Waals surface area (Å²) in [7, 11) is -3.48. The lowest BCUT2D eigenvalue weighted by molar-refractivity contribution is 0.0476. The molecule has 25 heavy (non-hydrogen) atoms. The molecule has 0 saturated carbocycles. The van der Waals surface area contributed by atoms with E-state index in [1.807, 2.05) is 0 Å². The van der Waals surface area contributed by atoms with Gasteiger partial charge in [0.2, 0.25) is 10.0 Å². The van der Waals surface area contributed by atoms with E-state index in [0.29, 0.717) is 24.7 Å². The number of nitrogens with one attached hydrogen (secondary N) is 1.